The van der Waals surface area contributed by atoms with E-state index in [1.807, 2.05) is 0 Å². The molecule has 0 aliphatic carbocycles. The third-order valence-corrected chi connectivity index (χ3v) is 18.7. The molecule has 0 aromatic carbocycles. The van der Waals surface area contributed by atoms with Gasteiger partial charge in [0.1, 0.15) is 19.3 Å². The van der Waals surface area contributed by atoms with Crippen molar-refractivity contribution in [3.05, 3.63) is 0 Å². The summed E-state index contributed by atoms with van der Waals surface area (Å²) in [6.07, 6.45) is 52.9. The van der Waals surface area contributed by atoms with Crippen LogP contribution in [0, 0.1) is 5.92 Å². The normalized spacial score (nSPS) is 14.0. The first-order valence-electron chi connectivity index (χ1n) is 37.6. The van der Waals surface area contributed by atoms with Crippen molar-refractivity contribution in [2.45, 2.75) is 393 Å². The van der Waals surface area contributed by atoms with Gasteiger partial charge in [-0.25, -0.2) is 9.13 Å². The number of ether oxygens (including phenoxy) is 4. The first-order valence-corrected chi connectivity index (χ1v) is 40.6. The minimum absolute atomic E-state index is 0.106. The number of unbranched alkanes of at least 4 members (excludes halogenated alkanes) is 44. The van der Waals surface area contributed by atoms with Gasteiger partial charge in [-0.05, 0) is 31.6 Å². The van der Waals surface area contributed by atoms with E-state index in [0.29, 0.717) is 31.6 Å². The summed E-state index contributed by atoms with van der Waals surface area (Å²) in [5, 5.41) is 10.6. The van der Waals surface area contributed by atoms with E-state index in [2.05, 4.69) is 34.6 Å². The molecule has 91 heavy (non-hydrogen) atoms. The molecule has 0 spiro atoms. The second-order valence-electron chi connectivity index (χ2n) is 26.5. The van der Waals surface area contributed by atoms with Gasteiger partial charge in [0.15, 0.2) is 12.2 Å². The molecule has 3 N–H and O–H groups in total. The van der Waals surface area contributed by atoms with E-state index in [1.54, 1.807) is 0 Å². The quantitative estimate of drug-likeness (QED) is 0.0222. The Labute approximate surface area is 556 Å². The summed E-state index contributed by atoms with van der Waals surface area (Å²) in [5.41, 5.74) is 0. The van der Waals surface area contributed by atoms with E-state index in [9.17, 15) is 43.2 Å². The Morgan fingerprint density at radius 3 is 0.747 bits per heavy atom. The molecule has 0 saturated carbocycles. The fourth-order valence-corrected chi connectivity index (χ4v) is 12.6. The number of aliphatic hydroxyl groups is 1. The van der Waals surface area contributed by atoms with Crippen molar-refractivity contribution in [2.24, 2.45) is 5.92 Å². The molecule has 0 fully saturated rings. The maximum Gasteiger partial charge on any atom is 0.472 e. The standard InChI is InChI=1S/C72H140O17P2/c1-6-9-12-15-18-21-24-26-27-28-29-30-31-32-33-35-38-41-48-53-58-72(77)88-67(61-82-69(74)55-50-45-39-37-34-25-22-19-16-13-10-7-2)63-86-90(78,79)84-59-66(73)60-85-91(80,81)87-64-68(62-83-70(75)56-51-46-43-42-44-49-54-65(4)5)89-71(76)57-52-47-40-36-23-20-17-14-11-8-3/h65-68,73H,6-64H2,1-5H3,(H,78,79)(H,80,81)/t66-,67-,68-/m1/s1. The van der Waals surface area contributed by atoms with E-state index in [0.717, 1.165) is 96.3 Å². The number of carbonyl (C=O) groups is 4. The molecule has 0 heterocycles. The lowest BCUT2D eigenvalue weighted by atomic mass is 10.0. The first kappa shape index (κ1) is 89.1. The van der Waals surface area contributed by atoms with Gasteiger partial charge in [0.25, 0.3) is 0 Å². The summed E-state index contributed by atoms with van der Waals surface area (Å²) in [6, 6.07) is 0. The van der Waals surface area contributed by atoms with Crippen LogP contribution in [0.25, 0.3) is 0 Å². The predicted molar refractivity (Wildman–Crippen MR) is 368 cm³/mol. The first-order chi connectivity index (χ1) is 44.0. The smallest absolute Gasteiger partial charge is 0.462 e. The highest BCUT2D eigenvalue weighted by atomic mass is 31.2. The monoisotopic (exact) mass is 1340 g/mol. The van der Waals surface area contributed by atoms with Gasteiger partial charge in [-0.3, -0.25) is 37.3 Å². The van der Waals surface area contributed by atoms with Crippen LogP contribution in [-0.4, -0.2) is 96.7 Å². The van der Waals surface area contributed by atoms with Crippen LogP contribution in [0.2, 0.25) is 0 Å². The second kappa shape index (κ2) is 65.4. The summed E-state index contributed by atoms with van der Waals surface area (Å²) in [4.78, 5) is 72.5. The van der Waals surface area contributed by atoms with Gasteiger partial charge in [-0.1, -0.05) is 324 Å². The Hall–Kier alpha value is -1.94. The Balaban J connectivity index is 5.17. The van der Waals surface area contributed by atoms with Crippen molar-refractivity contribution in [1.82, 2.24) is 0 Å². The summed E-state index contributed by atoms with van der Waals surface area (Å²) in [7, 11) is -9.90. The Kier molecular flexibility index (Phi) is 64.0. The van der Waals surface area contributed by atoms with Gasteiger partial charge in [-0.15, -0.1) is 0 Å². The lowest BCUT2D eigenvalue weighted by Crippen LogP contribution is -2.30. The van der Waals surface area contributed by atoms with Gasteiger partial charge in [0.2, 0.25) is 0 Å². The molecule has 5 atom stereocenters. The van der Waals surface area contributed by atoms with Gasteiger partial charge in [0.05, 0.1) is 26.4 Å². The lowest BCUT2D eigenvalue weighted by molar-refractivity contribution is -0.161. The Morgan fingerprint density at radius 2 is 0.505 bits per heavy atom. The molecule has 17 nitrogen and oxygen atoms in total. The highest BCUT2D eigenvalue weighted by molar-refractivity contribution is 7.47. The van der Waals surface area contributed by atoms with Crippen molar-refractivity contribution in [3.8, 4) is 0 Å². The van der Waals surface area contributed by atoms with Gasteiger partial charge in [0, 0.05) is 25.7 Å². The van der Waals surface area contributed by atoms with Gasteiger partial charge < -0.3 is 33.8 Å². The van der Waals surface area contributed by atoms with Crippen LogP contribution >= 0.6 is 15.6 Å². The fourth-order valence-electron chi connectivity index (χ4n) is 11.0. The fraction of sp³-hybridized carbons (Fsp3) is 0.944. The maximum absolute atomic E-state index is 13.0. The van der Waals surface area contributed by atoms with Crippen molar-refractivity contribution in [1.29, 1.82) is 0 Å². The summed E-state index contributed by atoms with van der Waals surface area (Å²) in [5.74, 6) is -1.44. The molecule has 0 aromatic heterocycles. The van der Waals surface area contributed by atoms with Crippen molar-refractivity contribution in [2.75, 3.05) is 39.6 Å². The number of phosphoric ester groups is 2. The molecule has 0 saturated heterocycles. The number of esters is 4. The molecular formula is C72H140O17P2. The molecule has 0 aliphatic rings. The molecule has 0 aliphatic heterocycles. The van der Waals surface area contributed by atoms with Crippen molar-refractivity contribution in [3.63, 3.8) is 0 Å². The largest absolute Gasteiger partial charge is 0.472 e. The number of carbonyl (C=O) groups excluding carboxylic acids is 4. The molecule has 19 heteroatoms. The number of hydrogen-bond acceptors (Lipinski definition) is 15. The molecule has 0 radical (unpaired) electrons. The SMILES string of the molecule is CCCCCCCCCCCCCCCCCCCCCCC(=O)O[C@H](COC(=O)CCCCCCCCCCCCCC)COP(=O)(O)OC[C@@H](O)COP(=O)(O)OC[C@@H](COC(=O)CCCCCCCCC(C)C)OC(=O)CCCCCCCCCCCC. The van der Waals surface area contributed by atoms with Crippen LogP contribution in [0.15, 0.2) is 0 Å². The Bertz CT molecular complexity index is 1750. The van der Waals surface area contributed by atoms with E-state index >= 15 is 0 Å². The molecule has 0 rings (SSSR count). The van der Waals surface area contributed by atoms with Crippen LogP contribution in [-0.2, 0) is 65.4 Å². The molecular weight excluding hydrogens is 1200 g/mol. The predicted octanol–water partition coefficient (Wildman–Crippen LogP) is 20.9. The van der Waals surface area contributed by atoms with E-state index < -0.39 is 97.5 Å². The maximum atomic E-state index is 13.0. The number of rotatable bonds is 72. The van der Waals surface area contributed by atoms with Crippen molar-refractivity contribution < 1.29 is 80.2 Å². The molecule has 0 bridgehead atoms. The summed E-state index contributed by atoms with van der Waals surface area (Å²) >= 11 is 0. The number of hydrogen-bond donors (Lipinski definition) is 3. The van der Waals surface area contributed by atoms with Crippen LogP contribution in [0.5, 0.6) is 0 Å². The van der Waals surface area contributed by atoms with Crippen LogP contribution in [0.3, 0.4) is 0 Å². The highest BCUT2D eigenvalue weighted by Crippen LogP contribution is 2.45. The van der Waals surface area contributed by atoms with Crippen LogP contribution < -0.4 is 0 Å². The molecule has 2 unspecified atom stereocenters. The number of phosphoric acid groups is 2. The minimum Gasteiger partial charge on any atom is -0.462 e. The van der Waals surface area contributed by atoms with Crippen molar-refractivity contribution >= 4 is 39.5 Å². The number of aliphatic hydroxyl groups excluding tert-OH is 1. The molecule has 540 valence electrons. The van der Waals surface area contributed by atoms with Gasteiger partial charge >= 0.3 is 39.5 Å². The Morgan fingerprint density at radius 1 is 0.297 bits per heavy atom. The van der Waals surface area contributed by atoms with E-state index in [1.165, 1.54) is 193 Å². The summed E-state index contributed by atoms with van der Waals surface area (Å²) in [6.45, 7) is 7.16. The minimum atomic E-state index is -4.95. The zero-order valence-electron chi connectivity index (χ0n) is 59.0. The topological polar surface area (TPSA) is 237 Å². The third kappa shape index (κ3) is 66.5. The average molecular weight is 1340 g/mol. The zero-order valence-corrected chi connectivity index (χ0v) is 60.8. The molecule has 0 aromatic rings. The van der Waals surface area contributed by atoms with Gasteiger partial charge in [-0.2, -0.15) is 0 Å². The highest BCUT2D eigenvalue weighted by Gasteiger charge is 2.30. The second-order valence-corrected chi connectivity index (χ2v) is 29.4. The van der Waals surface area contributed by atoms with E-state index in [4.69, 9.17) is 37.0 Å². The zero-order chi connectivity index (χ0) is 67.0. The average Bonchev–Trinajstić information content (AvgIpc) is 3.32. The van der Waals surface area contributed by atoms with Crippen LogP contribution in [0.4, 0.5) is 0 Å². The van der Waals surface area contributed by atoms with Crippen LogP contribution in [0.1, 0.15) is 375 Å². The third-order valence-electron chi connectivity index (χ3n) is 16.8. The summed E-state index contributed by atoms with van der Waals surface area (Å²) < 4.78 is 68.3. The molecule has 0 amide bonds. The lowest BCUT2D eigenvalue weighted by Gasteiger charge is -2.21. The van der Waals surface area contributed by atoms with E-state index in [-0.39, 0.29) is 25.7 Å².